The second-order valence-corrected chi connectivity index (χ2v) is 5.34. The molecule has 94 valence electrons. The molecule has 0 saturated carbocycles. The highest BCUT2D eigenvalue weighted by molar-refractivity contribution is 14.1. The van der Waals surface area contributed by atoms with E-state index in [0.717, 1.165) is 33.5 Å². The van der Waals surface area contributed by atoms with Crippen LogP contribution in [0.1, 0.15) is 24.6 Å². The molecule has 0 aliphatic carbocycles. The SMILES string of the molecule is CCCc1nc(-c2ccccc2C)nc(N)c1I. The number of rotatable bonds is 3. The van der Waals surface area contributed by atoms with Crippen molar-refractivity contribution in [3.05, 3.63) is 39.1 Å². The first-order valence-corrected chi connectivity index (χ1v) is 7.09. The third-order valence-electron chi connectivity index (χ3n) is 2.82. The molecule has 0 amide bonds. The number of hydrogen-bond donors (Lipinski definition) is 1. The smallest absolute Gasteiger partial charge is 0.162 e. The Morgan fingerprint density at radius 2 is 1.94 bits per heavy atom. The molecule has 0 saturated heterocycles. The molecule has 0 unspecified atom stereocenters. The molecule has 4 heteroatoms. The van der Waals surface area contributed by atoms with Gasteiger partial charge >= 0.3 is 0 Å². The summed E-state index contributed by atoms with van der Waals surface area (Å²) in [7, 11) is 0. The topological polar surface area (TPSA) is 51.8 Å². The molecule has 1 heterocycles. The van der Waals surface area contributed by atoms with Crippen LogP contribution in [0.25, 0.3) is 11.4 Å². The van der Waals surface area contributed by atoms with Crippen molar-refractivity contribution in [1.82, 2.24) is 9.97 Å². The van der Waals surface area contributed by atoms with Gasteiger partial charge in [0.25, 0.3) is 0 Å². The molecule has 0 radical (unpaired) electrons. The van der Waals surface area contributed by atoms with Crippen LogP contribution >= 0.6 is 22.6 Å². The van der Waals surface area contributed by atoms with Gasteiger partial charge in [0, 0.05) is 5.56 Å². The molecule has 2 N–H and O–H groups in total. The molecular weight excluding hydrogens is 337 g/mol. The summed E-state index contributed by atoms with van der Waals surface area (Å²) in [4.78, 5) is 9.06. The zero-order valence-electron chi connectivity index (χ0n) is 10.6. The largest absolute Gasteiger partial charge is 0.383 e. The van der Waals surface area contributed by atoms with Crippen molar-refractivity contribution in [3.63, 3.8) is 0 Å². The number of nitrogens with two attached hydrogens (primary N) is 1. The van der Waals surface area contributed by atoms with Gasteiger partial charge in [-0.1, -0.05) is 37.6 Å². The summed E-state index contributed by atoms with van der Waals surface area (Å²) in [6, 6.07) is 8.11. The highest BCUT2D eigenvalue weighted by Crippen LogP contribution is 2.24. The van der Waals surface area contributed by atoms with Crippen molar-refractivity contribution in [2.24, 2.45) is 0 Å². The normalized spacial score (nSPS) is 10.6. The van der Waals surface area contributed by atoms with Crippen LogP contribution in [0.4, 0.5) is 5.82 Å². The second-order valence-electron chi connectivity index (χ2n) is 4.26. The molecule has 0 aliphatic rings. The van der Waals surface area contributed by atoms with Crippen molar-refractivity contribution in [3.8, 4) is 11.4 Å². The molecule has 0 aliphatic heterocycles. The van der Waals surface area contributed by atoms with Crippen molar-refractivity contribution in [2.75, 3.05) is 5.73 Å². The van der Waals surface area contributed by atoms with Crippen molar-refractivity contribution in [2.45, 2.75) is 26.7 Å². The number of hydrogen-bond acceptors (Lipinski definition) is 3. The zero-order chi connectivity index (χ0) is 13.1. The minimum Gasteiger partial charge on any atom is -0.383 e. The second kappa shape index (κ2) is 5.65. The number of aromatic nitrogens is 2. The molecular formula is C14H16IN3. The molecule has 3 nitrogen and oxygen atoms in total. The number of nitrogens with zero attached hydrogens (tertiary/aromatic N) is 2. The van der Waals surface area contributed by atoms with E-state index in [1.807, 2.05) is 18.2 Å². The molecule has 0 atom stereocenters. The predicted octanol–water partition coefficient (Wildman–Crippen LogP) is 3.59. The molecule has 0 bridgehead atoms. The predicted molar refractivity (Wildman–Crippen MR) is 83.3 cm³/mol. The quantitative estimate of drug-likeness (QED) is 0.858. The monoisotopic (exact) mass is 353 g/mol. The number of halogens is 1. The van der Waals surface area contributed by atoms with Crippen LogP contribution in [0.2, 0.25) is 0 Å². The maximum Gasteiger partial charge on any atom is 0.162 e. The number of nitrogen functional groups attached to an aromatic ring is 1. The zero-order valence-corrected chi connectivity index (χ0v) is 12.7. The fourth-order valence-corrected chi connectivity index (χ4v) is 2.37. The van der Waals surface area contributed by atoms with Crippen LogP contribution in [0.15, 0.2) is 24.3 Å². The Morgan fingerprint density at radius 3 is 2.61 bits per heavy atom. The van der Waals surface area contributed by atoms with Gasteiger partial charge in [-0.25, -0.2) is 9.97 Å². The molecule has 18 heavy (non-hydrogen) atoms. The molecule has 0 fully saturated rings. The lowest BCUT2D eigenvalue weighted by molar-refractivity contribution is 0.869. The van der Waals surface area contributed by atoms with Crippen molar-refractivity contribution in [1.29, 1.82) is 0 Å². The van der Waals surface area contributed by atoms with Gasteiger partial charge in [-0.05, 0) is 41.5 Å². The van der Waals surface area contributed by atoms with Gasteiger partial charge in [0.05, 0.1) is 9.26 Å². The van der Waals surface area contributed by atoms with E-state index < -0.39 is 0 Å². The van der Waals surface area contributed by atoms with Crippen LogP contribution in [0, 0.1) is 10.5 Å². The first-order valence-electron chi connectivity index (χ1n) is 6.01. The van der Waals surface area contributed by atoms with E-state index in [1.165, 1.54) is 5.56 Å². The number of anilines is 1. The maximum atomic E-state index is 5.98. The van der Waals surface area contributed by atoms with Crippen LogP contribution in [-0.2, 0) is 6.42 Å². The van der Waals surface area contributed by atoms with Crippen LogP contribution in [-0.4, -0.2) is 9.97 Å². The van der Waals surface area contributed by atoms with E-state index in [2.05, 4.69) is 52.5 Å². The lowest BCUT2D eigenvalue weighted by Crippen LogP contribution is -2.05. The van der Waals surface area contributed by atoms with Gasteiger partial charge in [0.1, 0.15) is 5.82 Å². The van der Waals surface area contributed by atoms with Crippen LogP contribution in [0.3, 0.4) is 0 Å². The summed E-state index contributed by atoms with van der Waals surface area (Å²) in [5.74, 6) is 1.31. The van der Waals surface area contributed by atoms with Gasteiger partial charge in [-0.2, -0.15) is 0 Å². The molecule has 1 aromatic carbocycles. The first kappa shape index (κ1) is 13.3. The minimum atomic E-state index is 0.576. The van der Waals surface area contributed by atoms with E-state index in [4.69, 9.17) is 5.73 Å². The summed E-state index contributed by atoms with van der Waals surface area (Å²) in [5.41, 5.74) is 9.25. The Bertz CT molecular complexity index is 567. The van der Waals surface area contributed by atoms with Gasteiger partial charge in [-0.3, -0.25) is 0 Å². The molecule has 0 spiro atoms. The van der Waals surface area contributed by atoms with Crippen LogP contribution in [0.5, 0.6) is 0 Å². The summed E-state index contributed by atoms with van der Waals surface area (Å²) >= 11 is 2.22. The summed E-state index contributed by atoms with van der Waals surface area (Å²) in [6.45, 7) is 4.20. The Hall–Kier alpha value is -1.17. The summed E-state index contributed by atoms with van der Waals surface area (Å²) in [5, 5.41) is 0. The Labute approximate surface area is 121 Å². The van der Waals surface area contributed by atoms with Gasteiger partial charge < -0.3 is 5.73 Å². The number of benzene rings is 1. The summed E-state index contributed by atoms with van der Waals surface area (Å²) in [6.07, 6.45) is 1.99. The lowest BCUT2D eigenvalue weighted by Gasteiger charge is -2.10. The Balaban J connectivity index is 2.56. The van der Waals surface area contributed by atoms with Gasteiger partial charge in [0.2, 0.25) is 0 Å². The average Bonchev–Trinajstić information content (AvgIpc) is 2.35. The van der Waals surface area contributed by atoms with E-state index in [9.17, 15) is 0 Å². The maximum absolute atomic E-state index is 5.98. The van der Waals surface area contributed by atoms with Crippen molar-refractivity contribution < 1.29 is 0 Å². The van der Waals surface area contributed by atoms with Gasteiger partial charge in [0.15, 0.2) is 5.82 Å². The highest BCUT2D eigenvalue weighted by atomic mass is 127. The van der Waals surface area contributed by atoms with E-state index in [0.29, 0.717) is 5.82 Å². The lowest BCUT2D eigenvalue weighted by atomic mass is 10.1. The summed E-state index contributed by atoms with van der Waals surface area (Å²) < 4.78 is 0.979. The van der Waals surface area contributed by atoms with Gasteiger partial charge in [-0.15, -0.1) is 0 Å². The fourth-order valence-electron chi connectivity index (χ4n) is 1.86. The van der Waals surface area contributed by atoms with Crippen molar-refractivity contribution >= 4 is 28.4 Å². The highest BCUT2D eigenvalue weighted by Gasteiger charge is 2.11. The minimum absolute atomic E-state index is 0.576. The number of aryl methyl sites for hydroxylation is 2. The Morgan fingerprint density at radius 1 is 1.22 bits per heavy atom. The fraction of sp³-hybridized carbons (Fsp3) is 0.286. The third-order valence-corrected chi connectivity index (χ3v) is 3.99. The average molecular weight is 353 g/mol. The van der Waals surface area contributed by atoms with E-state index in [1.54, 1.807) is 0 Å². The molecule has 2 aromatic rings. The standard InChI is InChI=1S/C14H16IN3/c1-3-6-11-12(15)13(16)18-14(17-11)10-8-5-4-7-9(10)2/h4-5,7-8H,3,6H2,1-2H3,(H2,16,17,18). The first-order chi connectivity index (χ1) is 8.63. The van der Waals surface area contributed by atoms with E-state index >= 15 is 0 Å². The van der Waals surface area contributed by atoms with E-state index in [-0.39, 0.29) is 0 Å². The van der Waals surface area contributed by atoms with Crippen LogP contribution < -0.4 is 5.73 Å². The third kappa shape index (κ3) is 2.63. The Kier molecular flexibility index (Phi) is 4.16. The molecule has 2 rings (SSSR count). The molecule has 1 aromatic heterocycles.